The molecule has 9 nitrogen and oxygen atoms in total. The topological polar surface area (TPSA) is 113 Å². The van der Waals surface area contributed by atoms with Gasteiger partial charge in [0.2, 0.25) is 5.91 Å². The number of methoxy groups -OCH3 is 1. The van der Waals surface area contributed by atoms with Crippen molar-refractivity contribution in [2.24, 2.45) is 7.05 Å². The molecule has 1 saturated heterocycles. The minimum Gasteiger partial charge on any atom is -0.496 e. The first-order chi connectivity index (χ1) is 22.4. The van der Waals surface area contributed by atoms with Gasteiger partial charge in [-0.1, -0.05) is 53.5 Å². The first-order valence-corrected chi connectivity index (χ1v) is 16.0. The summed E-state index contributed by atoms with van der Waals surface area (Å²) >= 11 is 14.1. The molecule has 0 radical (unpaired) electrons. The standard InChI is InChI=1S/C35H36Cl2N6O3/c1-43-20-23(18-38-14-15-44)25-9-10-29(42-35(25)43)28-5-3-4-26(32(28)36)27-12-13-40-34(33(27)37)21-6-7-22(30(16-21)46-2)17-39-19-24-8-11-31(45)41-24/h3-7,9-10,12-13,16,20,24,38-39,44H,8,11,14-15,17-19H2,1-2H3,(H,41,45). The number of nitrogens with zero attached hydrogens (tertiary/aromatic N) is 3. The Balaban J connectivity index is 1.27. The third-order valence-electron chi connectivity index (χ3n) is 8.31. The van der Waals surface area contributed by atoms with Crippen LogP contribution in [0.25, 0.3) is 44.7 Å². The molecule has 1 fully saturated rings. The second-order valence-electron chi connectivity index (χ2n) is 11.4. The minimum atomic E-state index is 0.0905. The molecule has 3 aromatic heterocycles. The van der Waals surface area contributed by atoms with E-state index in [9.17, 15) is 4.79 Å². The predicted molar refractivity (Wildman–Crippen MR) is 183 cm³/mol. The lowest BCUT2D eigenvalue weighted by atomic mass is 9.99. The van der Waals surface area contributed by atoms with Crippen molar-refractivity contribution in [3.63, 3.8) is 0 Å². The Kier molecular flexibility index (Phi) is 9.86. The molecule has 5 aromatic rings. The van der Waals surface area contributed by atoms with Gasteiger partial charge in [-0.25, -0.2) is 4.98 Å². The summed E-state index contributed by atoms with van der Waals surface area (Å²) in [5.41, 5.74) is 7.50. The van der Waals surface area contributed by atoms with E-state index in [1.807, 2.05) is 60.1 Å². The van der Waals surface area contributed by atoms with Crippen molar-refractivity contribution in [2.45, 2.75) is 32.0 Å². The van der Waals surface area contributed by atoms with Gasteiger partial charge in [-0.3, -0.25) is 9.78 Å². The highest BCUT2D eigenvalue weighted by molar-refractivity contribution is 6.39. The summed E-state index contributed by atoms with van der Waals surface area (Å²) in [6.45, 7) is 2.57. The number of rotatable bonds is 12. The summed E-state index contributed by atoms with van der Waals surface area (Å²) < 4.78 is 7.73. The van der Waals surface area contributed by atoms with E-state index in [1.165, 1.54) is 0 Å². The zero-order valence-corrected chi connectivity index (χ0v) is 27.3. The first kappa shape index (κ1) is 32.0. The number of benzene rings is 2. The highest BCUT2D eigenvalue weighted by Crippen LogP contribution is 2.42. The number of carbonyl (C=O) groups excluding carboxylic acids is 1. The van der Waals surface area contributed by atoms with Gasteiger partial charge in [-0.15, -0.1) is 0 Å². The number of carbonyl (C=O) groups is 1. The Morgan fingerprint density at radius 3 is 2.61 bits per heavy atom. The van der Waals surface area contributed by atoms with Crippen LogP contribution in [-0.4, -0.2) is 58.4 Å². The molecule has 1 amide bonds. The summed E-state index contributed by atoms with van der Waals surface area (Å²) in [5.74, 6) is 0.829. The number of hydrogen-bond donors (Lipinski definition) is 4. The van der Waals surface area contributed by atoms with E-state index in [-0.39, 0.29) is 18.6 Å². The lowest BCUT2D eigenvalue weighted by Crippen LogP contribution is -2.35. The van der Waals surface area contributed by atoms with Crippen LogP contribution < -0.4 is 20.7 Å². The van der Waals surface area contributed by atoms with Crippen LogP contribution in [0.4, 0.5) is 0 Å². The lowest BCUT2D eigenvalue weighted by Gasteiger charge is -2.16. The van der Waals surface area contributed by atoms with E-state index in [1.54, 1.807) is 13.3 Å². The van der Waals surface area contributed by atoms with Crippen molar-refractivity contribution in [3.05, 3.63) is 88.2 Å². The van der Waals surface area contributed by atoms with Crippen molar-refractivity contribution in [2.75, 3.05) is 26.8 Å². The van der Waals surface area contributed by atoms with E-state index in [0.29, 0.717) is 48.3 Å². The Labute approximate surface area is 277 Å². The summed E-state index contributed by atoms with van der Waals surface area (Å²) in [4.78, 5) is 21.1. The number of halogens is 2. The van der Waals surface area contributed by atoms with Gasteiger partial charge in [-0.05, 0) is 36.2 Å². The zero-order chi connectivity index (χ0) is 32.2. The lowest BCUT2D eigenvalue weighted by molar-refractivity contribution is -0.119. The smallest absolute Gasteiger partial charge is 0.220 e. The fraction of sp³-hybridized carbons (Fsp3) is 0.286. The number of aliphatic hydroxyl groups is 1. The number of hydrogen-bond acceptors (Lipinski definition) is 7. The van der Waals surface area contributed by atoms with Gasteiger partial charge in [-0.2, -0.15) is 0 Å². The maximum absolute atomic E-state index is 11.5. The average molecular weight is 660 g/mol. The normalized spacial score (nSPS) is 14.6. The van der Waals surface area contributed by atoms with Gasteiger partial charge in [0.05, 0.1) is 35.1 Å². The average Bonchev–Trinajstić information content (AvgIpc) is 3.63. The Morgan fingerprint density at radius 1 is 1.02 bits per heavy atom. The highest BCUT2D eigenvalue weighted by Gasteiger charge is 2.21. The summed E-state index contributed by atoms with van der Waals surface area (Å²) in [6.07, 6.45) is 5.22. The van der Waals surface area contributed by atoms with E-state index < -0.39 is 0 Å². The quantitative estimate of drug-likeness (QED) is 0.127. The maximum atomic E-state index is 11.5. The molecule has 238 valence electrons. The van der Waals surface area contributed by atoms with Crippen molar-refractivity contribution in [1.82, 2.24) is 30.5 Å². The van der Waals surface area contributed by atoms with Crippen molar-refractivity contribution >= 4 is 40.1 Å². The SMILES string of the molecule is COc1cc(-c2nccc(-c3cccc(-c4ccc5c(CNCCO)cn(C)c5n4)c3Cl)c2Cl)ccc1CNCC1CCC(=O)N1. The third-order valence-corrected chi connectivity index (χ3v) is 9.10. The molecule has 2 aromatic carbocycles. The van der Waals surface area contributed by atoms with Crippen molar-refractivity contribution in [1.29, 1.82) is 0 Å². The Morgan fingerprint density at radius 2 is 1.83 bits per heavy atom. The van der Waals surface area contributed by atoms with Gasteiger partial charge in [0.25, 0.3) is 0 Å². The van der Waals surface area contributed by atoms with Crippen LogP contribution in [0.15, 0.2) is 67.0 Å². The molecule has 46 heavy (non-hydrogen) atoms. The second kappa shape index (κ2) is 14.2. The molecule has 0 aliphatic carbocycles. The summed E-state index contributed by atoms with van der Waals surface area (Å²) in [5, 5.41) is 20.8. The van der Waals surface area contributed by atoms with E-state index in [0.717, 1.165) is 62.3 Å². The van der Waals surface area contributed by atoms with Crippen LogP contribution in [0.3, 0.4) is 0 Å². The Bertz CT molecular complexity index is 1890. The number of ether oxygens (including phenoxy) is 1. The maximum Gasteiger partial charge on any atom is 0.220 e. The Hall–Kier alpha value is -3.99. The molecule has 1 aliphatic rings. The molecule has 1 unspecified atom stereocenters. The monoisotopic (exact) mass is 658 g/mol. The van der Waals surface area contributed by atoms with Gasteiger partial charge >= 0.3 is 0 Å². The van der Waals surface area contributed by atoms with Crippen LogP contribution in [0, 0.1) is 0 Å². The molecule has 4 N–H and O–H groups in total. The second-order valence-corrected chi connectivity index (χ2v) is 12.1. The van der Waals surface area contributed by atoms with Crippen LogP contribution in [0.2, 0.25) is 10.0 Å². The van der Waals surface area contributed by atoms with E-state index in [2.05, 4.69) is 33.2 Å². The van der Waals surface area contributed by atoms with Crippen LogP contribution in [0.5, 0.6) is 5.75 Å². The van der Waals surface area contributed by atoms with Gasteiger partial charge in [0.1, 0.15) is 11.4 Å². The number of nitrogens with one attached hydrogen (secondary N) is 3. The van der Waals surface area contributed by atoms with Crippen LogP contribution in [0.1, 0.15) is 24.0 Å². The molecular formula is C35H36Cl2N6O3. The zero-order valence-electron chi connectivity index (χ0n) is 25.7. The van der Waals surface area contributed by atoms with Crippen molar-refractivity contribution in [3.8, 4) is 39.4 Å². The molecular weight excluding hydrogens is 623 g/mol. The molecule has 0 saturated carbocycles. The van der Waals surface area contributed by atoms with Gasteiger partial charge in [0.15, 0.2) is 0 Å². The fourth-order valence-corrected chi connectivity index (χ4v) is 6.61. The molecule has 0 spiro atoms. The first-order valence-electron chi connectivity index (χ1n) is 15.3. The van der Waals surface area contributed by atoms with E-state index >= 15 is 0 Å². The van der Waals surface area contributed by atoms with Gasteiger partial charge in [0, 0.05) is 91.3 Å². The van der Waals surface area contributed by atoms with Gasteiger partial charge < -0.3 is 30.4 Å². The number of aryl methyl sites for hydroxylation is 1. The minimum absolute atomic E-state index is 0.0905. The van der Waals surface area contributed by atoms with E-state index in [4.69, 9.17) is 38.0 Å². The fourth-order valence-electron chi connectivity index (χ4n) is 5.97. The predicted octanol–water partition coefficient (Wildman–Crippen LogP) is 5.73. The largest absolute Gasteiger partial charge is 0.496 e. The molecule has 6 rings (SSSR count). The van der Waals surface area contributed by atoms with Crippen LogP contribution >= 0.6 is 23.2 Å². The highest BCUT2D eigenvalue weighted by atomic mass is 35.5. The molecule has 1 aliphatic heterocycles. The number of fused-ring (bicyclic) bond motifs is 1. The summed E-state index contributed by atoms with van der Waals surface area (Å²) in [6, 6.07) is 17.9. The summed E-state index contributed by atoms with van der Waals surface area (Å²) in [7, 11) is 3.62. The number of aromatic nitrogens is 3. The van der Waals surface area contributed by atoms with Crippen molar-refractivity contribution < 1.29 is 14.6 Å². The molecule has 1 atom stereocenters. The molecule has 11 heteroatoms. The number of amides is 1. The molecule has 0 bridgehead atoms. The van der Waals surface area contributed by atoms with Crippen LogP contribution in [-0.2, 0) is 24.9 Å². The number of pyridine rings is 2. The molecule has 4 heterocycles. The third kappa shape index (κ3) is 6.61. The number of aliphatic hydroxyl groups excluding tert-OH is 1.